The summed E-state index contributed by atoms with van der Waals surface area (Å²) >= 11 is 0. The van der Waals surface area contributed by atoms with Crippen LogP contribution >= 0.6 is 0 Å². The van der Waals surface area contributed by atoms with Crippen LogP contribution in [0, 0.1) is 29.1 Å². The number of carbonyl (C=O) groups excluding carboxylic acids is 2. The van der Waals surface area contributed by atoms with Crippen molar-refractivity contribution in [2.75, 3.05) is 18.4 Å². The van der Waals surface area contributed by atoms with E-state index in [1.54, 1.807) is 24.3 Å². The fourth-order valence-electron chi connectivity index (χ4n) is 4.16. The number of anilines is 1. The number of hydrogen-bond acceptors (Lipinski definition) is 3. The van der Waals surface area contributed by atoms with Crippen molar-refractivity contribution in [1.82, 2.24) is 4.90 Å². The van der Waals surface area contributed by atoms with Crippen molar-refractivity contribution < 1.29 is 9.59 Å². The fraction of sp³-hybridized carbons (Fsp3) is 0.571. The van der Waals surface area contributed by atoms with E-state index in [2.05, 4.69) is 18.3 Å². The molecule has 1 unspecified atom stereocenters. The number of piperidine rings is 1. The summed E-state index contributed by atoms with van der Waals surface area (Å²) in [4.78, 5) is 27.3. The molecule has 1 aliphatic heterocycles. The maximum absolute atomic E-state index is 12.7. The summed E-state index contributed by atoms with van der Waals surface area (Å²) < 4.78 is 0. The van der Waals surface area contributed by atoms with Gasteiger partial charge in [0.1, 0.15) is 0 Å². The first kappa shape index (κ1) is 18.4. The van der Waals surface area contributed by atoms with Crippen LogP contribution < -0.4 is 5.32 Å². The van der Waals surface area contributed by atoms with Gasteiger partial charge in [-0.05, 0) is 62.6 Å². The van der Waals surface area contributed by atoms with Gasteiger partial charge in [0.15, 0.2) is 0 Å². The smallest absolute Gasteiger partial charge is 0.227 e. The Bertz CT molecular complexity index is 701. The van der Waals surface area contributed by atoms with E-state index in [4.69, 9.17) is 5.26 Å². The quantitative estimate of drug-likeness (QED) is 0.903. The Labute approximate surface area is 155 Å². The molecule has 2 amide bonds. The van der Waals surface area contributed by atoms with Crippen LogP contribution in [-0.2, 0) is 9.59 Å². The SMILES string of the molecule is CC1CCCN(C(=O)C2CCC(C(=O)Nc3cccc(C#N)c3)CC2)C1. The molecule has 3 rings (SSSR count). The Morgan fingerprint density at radius 1 is 1.15 bits per heavy atom. The molecule has 1 aromatic carbocycles. The van der Waals surface area contributed by atoms with Crippen molar-refractivity contribution in [3.63, 3.8) is 0 Å². The van der Waals surface area contributed by atoms with E-state index in [9.17, 15) is 9.59 Å². The molecule has 0 bridgehead atoms. The molecule has 1 saturated heterocycles. The second kappa shape index (κ2) is 8.35. The lowest BCUT2D eigenvalue weighted by Gasteiger charge is -2.35. The molecule has 0 aromatic heterocycles. The highest BCUT2D eigenvalue weighted by molar-refractivity contribution is 5.93. The molecule has 1 N–H and O–H groups in total. The van der Waals surface area contributed by atoms with Gasteiger partial charge in [-0.2, -0.15) is 5.26 Å². The largest absolute Gasteiger partial charge is 0.342 e. The van der Waals surface area contributed by atoms with E-state index < -0.39 is 0 Å². The second-order valence-corrected chi connectivity index (χ2v) is 7.76. The van der Waals surface area contributed by atoms with Gasteiger partial charge in [-0.25, -0.2) is 0 Å². The predicted molar refractivity (Wildman–Crippen MR) is 100 cm³/mol. The van der Waals surface area contributed by atoms with E-state index in [-0.39, 0.29) is 23.7 Å². The molecule has 138 valence electrons. The van der Waals surface area contributed by atoms with Crippen molar-refractivity contribution in [2.24, 2.45) is 17.8 Å². The highest BCUT2D eigenvalue weighted by Crippen LogP contribution is 2.32. The summed E-state index contributed by atoms with van der Waals surface area (Å²) in [5, 5.41) is 11.9. The Hall–Kier alpha value is -2.35. The zero-order valence-electron chi connectivity index (χ0n) is 15.4. The Balaban J connectivity index is 1.50. The Kier molecular flexibility index (Phi) is 5.92. The van der Waals surface area contributed by atoms with E-state index in [1.807, 2.05) is 4.90 Å². The molecule has 0 spiro atoms. The first-order valence-electron chi connectivity index (χ1n) is 9.66. The maximum Gasteiger partial charge on any atom is 0.227 e. The summed E-state index contributed by atoms with van der Waals surface area (Å²) in [6, 6.07) is 9.04. The average molecular weight is 353 g/mol. The van der Waals surface area contributed by atoms with Gasteiger partial charge in [0.05, 0.1) is 11.6 Å². The highest BCUT2D eigenvalue weighted by atomic mass is 16.2. The van der Waals surface area contributed by atoms with E-state index >= 15 is 0 Å². The number of carbonyl (C=O) groups is 2. The summed E-state index contributed by atoms with van der Waals surface area (Å²) in [5.74, 6) is 0.907. The number of nitrogens with one attached hydrogen (secondary N) is 1. The summed E-state index contributed by atoms with van der Waals surface area (Å²) in [6.07, 6.45) is 5.41. The van der Waals surface area contributed by atoms with Crippen LogP contribution in [0.25, 0.3) is 0 Å². The first-order chi connectivity index (χ1) is 12.6. The summed E-state index contributed by atoms with van der Waals surface area (Å²) in [6.45, 7) is 3.98. The van der Waals surface area contributed by atoms with Crippen molar-refractivity contribution in [3.8, 4) is 6.07 Å². The molecule has 1 aliphatic carbocycles. The van der Waals surface area contributed by atoms with Crippen molar-refractivity contribution >= 4 is 17.5 Å². The molecule has 1 aromatic rings. The number of amides is 2. The van der Waals surface area contributed by atoms with Gasteiger partial charge in [0.25, 0.3) is 0 Å². The third-order valence-corrected chi connectivity index (χ3v) is 5.68. The molecular weight excluding hydrogens is 326 g/mol. The van der Waals surface area contributed by atoms with Crippen LogP contribution in [0.5, 0.6) is 0 Å². The zero-order valence-corrected chi connectivity index (χ0v) is 15.4. The zero-order chi connectivity index (χ0) is 18.5. The Morgan fingerprint density at radius 2 is 1.88 bits per heavy atom. The predicted octanol–water partition coefficient (Wildman–Crippen LogP) is 3.56. The summed E-state index contributed by atoms with van der Waals surface area (Å²) in [7, 11) is 0. The van der Waals surface area contributed by atoms with Crippen molar-refractivity contribution in [3.05, 3.63) is 29.8 Å². The first-order valence-corrected chi connectivity index (χ1v) is 9.66. The van der Waals surface area contributed by atoms with Gasteiger partial charge in [0, 0.05) is 30.6 Å². The number of rotatable bonds is 3. The van der Waals surface area contributed by atoms with Gasteiger partial charge in [0.2, 0.25) is 11.8 Å². The van der Waals surface area contributed by atoms with Gasteiger partial charge < -0.3 is 10.2 Å². The molecule has 5 nitrogen and oxygen atoms in total. The lowest BCUT2D eigenvalue weighted by Crippen LogP contribution is -2.43. The van der Waals surface area contributed by atoms with E-state index in [0.29, 0.717) is 17.2 Å². The van der Waals surface area contributed by atoms with Gasteiger partial charge in [-0.3, -0.25) is 9.59 Å². The van der Waals surface area contributed by atoms with Crippen LogP contribution in [0.2, 0.25) is 0 Å². The Morgan fingerprint density at radius 3 is 2.58 bits per heavy atom. The molecule has 2 fully saturated rings. The number of benzene rings is 1. The minimum absolute atomic E-state index is 0.00224. The average Bonchev–Trinajstić information content (AvgIpc) is 2.67. The lowest BCUT2D eigenvalue weighted by molar-refractivity contribution is -0.139. The van der Waals surface area contributed by atoms with E-state index in [1.165, 1.54) is 6.42 Å². The molecule has 26 heavy (non-hydrogen) atoms. The van der Waals surface area contributed by atoms with Gasteiger partial charge in [-0.15, -0.1) is 0 Å². The third kappa shape index (κ3) is 4.43. The normalized spacial score (nSPS) is 26.0. The minimum atomic E-state index is -0.0509. The summed E-state index contributed by atoms with van der Waals surface area (Å²) in [5.41, 5.74) is 1.20. The van der Waals surface area contributed by atoms with Crippen LogP contribution in [0.3, 0.4) is 0 Å². The second-order valence-electron chi connectivity index (χ2n) is 7.76. The van der Waals surface area contributed by atoms with Crippen molar-refractivity contribution in [1.29, 1.82) is 5.26 Å². The number of nitriles is 1. The molecule has 0 radical (unpaired) electrons. The fourth-order valence-corrected chi connectivity index (χ4v) is 4.16. The lowest BCUT2D eigenvalue weighted by atomic mass is 9.80. The van der Waals surface area contributed by atoms with Crippen LogP contribution in [0.15, 0.2) is 24.3 Å². The molecule has 1 atom stereocenters. The topological polar surface area (TPSA) is 73.2 Å². The molecule has 5 heteroatoms. The molecular formula is C21H27N3O2. The monoisotopic (exact) mass is 353 g/mol. The number of likely N-dealkylation sites (tertiary alicyclic amines) is 1. The standard InChI is InChI=1S/C21H27N3O2/c1-15-4-3-11-24(14-15)21(26)18-9-7-17(8-10-18)20(25)23-19-6-2-5-16(12-19)13-22/h2,5-6,12,15,17-18H,3-4,7-11,14H2,1H3,(H,23,25). The molecule has 2 aliphatic rings. The highest BCUT2D eigenvalue weighted by Gasteiger charge is 2.33. The number of nitrogens with zero attached hydrogens (tertiary/aromatic N) is 2. The van der Waals surface area contributed by atoms with Crippen LogP contribution in [-0.4, -0.2) is 29.8 Å². The van der Waals surface area contributed by atoms with Gasteiger partial charge >= 0.3 is 0 Å². The third-order valence-electron chi connectivity index (χ3n) is 5.68. The number of hydrogen-bond donors (Lipinski definition) is 1. The van der Waals surface area contributed by atoms with E-state index in [0.717, 1.165) is 45.2 Å². The maximum atomic E-state index is 12.7. The minimum Gasteiger partial charge on any atom is -0.342 e. The van der Waals surface area contributed by atoms with Gasteiger partial charge in [-0.1, -0.05) is 13.0 Å². The van der Waals surface area contributed by atoms with Crippen molar-refractivity contribution in [2.45, 2.75) is 45.4 Å². The molecule has 1 heterocycles. The molecule has 1 saturated carbocycles. The van der Waals surface area contributed by atoms with Crippen LogP contribution in [0.4, 0.5) is 5.69 Å². The van der Waals surface area contributed by atoms with Crippen LogP contribution in [0.1, 0.15) is 51.0 Å².